The van der Waals surface area contributed by atoms with E-state index in [1.165, 1.54) is 17.0 Å². The topological polar surface area (TPSA) is 22.0 Å². The SMILES string of the molecule is Cc1cc2c(n1Cc1ccsc1)CCCC2=O. The lowest BCUT2D eigenvalue weighted by atomic mass is 9.96. The molecule has 88 valence electrons. The summed E-state index contributed by atoms with van der Waals surface area (Å²) >= 11 is 1.72. The number of hydrogen-bond donors (Lipinski definition) is 0. The van der Waals surface area contributed by atoms with E-state index in [1.54, 1.807) is 11.3 Å². The number of hydrogen-bond acceptors (Lipinski definition) is 2. The molecule has 0 N–H and O–H groups in total. The van der Waals surface area contributed by atoms with Crippen molar-refractivity contribution in [1.82, 2.24) is 4.57 Å². The zero-order valence-corrected chi connectivity index (χ0v) is 10.7. The van der Waals surface area contributed by atoms with Gasteiger partial charge in [0.25, 0.3) is 0 Å². The van der Waals surface area contributed by atoms with Crippen LogP contribution in [0.15, 0.2) is 22.9 Å². The van der Waals surface area contributed by atoms with Crippen LogP contribution in [0.4, 0.5) is 0 Å². The van der Waals surface area contributed by atoms with Crippen LogP contribution in [0.5, 0.6) is 0 Å². The van der Waals surface area contributed by atoms with Crippen molar-refractivity contribution in [3.63, 3.8) is 0 Å². The molecule has 0 amide bonds. The molecule has 2 aromatic heterocycles. The lowest BCUT2D eigenvalue weighted by Gasteiger charge is -2.15. The van der Waals surface area contributed by atoms with Gasteiger partial charge < -0.3 is 4.57 Å². The van der Waals surface area contributed by atoms with E-state index in [0.29, 0.717) is 5.78 Å². The Balaban J connectivity index is 2.02. The molecule has 0 aromatic carbocycles. The Morgan fingerprint density at radius 2 is 2.29 bits per heavy atom. The molecule has 17 heavy (non-hydrogen) atoms. The first-order valence-electron chi connectivity index (χ1n) is 5.99. The average molecular weight is 245 g/mol. The van der Waals surface area contributed by atoms with Crippen molar-refractivity contribution >= 4 is 17.1 Å². The Morgan fingerprint density at radius 3 is 3.06 bits per heavy atom. The van der Waals surface area contributed by atoms with Crippen molar-refractivity contribution in [1.29, 1.82) is 0 Å². The Morgan fingerprint density at radius 1 is 1.41 bits per heavy atom. The van der Waals surface area contributed by atoms with E-state index >= 15 is 0 Å². The molecule has 0 saturated heterocycles. The third-order valence-corrected chi connectivity index (χ3v) is 4.19. The molecule has 0 bridgehead atoms. The third kappa shape index (κ3) is 1.84. The molecule has 2 aromatic rings. The Labute approximate surface area is 105 Å². The first-order chi connectivity index (χ1) is 8.25. The van der Waals surface area contributed by atoms with Crippen molar-refractivity contribution in [3.8, 4) is 0 Å². The molecule has 2 heterocycles. The van der Waals surface area contributed by atoms with Crippen LogP contribution in [0.1, 0.15) is 40.2 Å². The van der Waals surface area contributed by atoms with Gasteiger partial charge in [-0.1, -0.05) is 0 Å². The minimum Gasteiger partial charge on any atom is -0.344 e. The summed E-state index contributed by atoms with van der Waals surface area (Å²) in [7, 11) is 0. The van der Waals surface area contributed by atoms with Gasteiger partial charge in [-0.05, 0) is 48.2 Å². The molecule has 0 atom stereocenters. The number of carbonyl (C=O) groups excluding carboxylic acids is 1. The molecule has 2 nitrogen and oxygen atoms in total. The van der Waals surface area contributed by atoms with Gasteiger partial charge in [0.1, 0.15) is 0 Å². The Bertz CT molecular complexity index is 551. The lowest BCUT2D eigenvalue weighted by Crippen LogP contribution is -2.13. The van der Waals surface area contributed by atoms with Gasteiger partial charge in [-0.15, -0.1) is 0 Å². The van der Waals surface area contributed by atoms with E-state index in [1.807, 2.05) is 0 Å². The molecule has 0 saturated carbocycles. The van der Waals surface area contributed by atoms with E-state index in [-0.39, 0.29) is 0 Å². The number of carbonyl (C=O) groups is 1. The first-order valence-corrected chi connectivity index (χ1v) is 6.93. The second-order valence-electron chi connectivity index (χ2n) is 4.64. The van der Waals surface area contributed by atoms with E-state index in [2.05, 4.69) is 34.4 Å². The first kappa shape index (κ1) is 10.8. The molecule has 0 spiro atoms. The van der Waals surface area contributed by atoms with Gasteiger partial charge in [0.15, 0.2) is 5.78 Å². The number of aryl methyl sites for hydroxylation is 1. The van der Waals surface area contributed by atoms with Gasteiger partial charge in [0, 0.05) is 29.9 Å². The quantitative estimate of drug-likeness (QED) is 0.794. The highest BCUT2D eigenvalue weighted by atomic mass is 32.1. The lowest BCUT2D eigenvalue weighted by molar-refractivity contribution is 0.0972. The fourth-order valence-corrected chi connectivity index (χ4v) is 3.24. The third-order valence-electron chi connectivity index (χ3n) is 3.45. The fraction of sp³-hybridized carbons (Fsp3) is 0.357. The standard InChI is InChI=1S/C14H15NOS/c1-10-7-12-13(3-2-4-14(12)16)15(10)8-11-5-6-17-9-11/h5-7,9H,2-4,8H2,1H3. The maximum Gasteiger partial charge on any atom is 0.164 e. The minimum absolute atomic E-state index is 0.318. The number of Topliss-reactive ketones (excluding diaryl/α,β-unsaturated/α-hetero) is 1. The number of fused-ring (bicyclic) bond motifs is 1. The van der Waals surface area contributed by atoms with Crippen molar-refractivity contribution in [3.05, 3.63) is 45.4 Å². The minimum atomic E-state index is 0.318. The average Bonchev–Trinajstić information content (AvgIpc) is 2.91. The highest BCUT2D eigenvalue weighted by Gasteiger charge is 2.22. The zero-order chi connectivity index (χ0) is 11.8. The van der Waals surface area contributed by atoms with Gasteiger partial charge in [-0.2, -0.15) is 11.3 Å². The van der Waals surface area contributed by atoms with E-state index < -0.39 is 0 Å². The van der Waals surface area contributed by atoms with Gasteiger partial charge in [-0.25, -0.2) is 0 Å². The summed E-state index contributed by atoms with van der Waals surface area (Å²) in [4.78, 5) is 11.8. The van der Waals surface area contributed by atoms with Gasteiger partial charge in [0.05, 0.1) is 0 Å². The Hall–Kier alpha value is -1.35. The number of thiophene rings is 1. The van der Waals surface area contributed by atoms with Crippen molar-refractivity contribution in [2.75, 3.05) is 0 Å². The number of rotatable bonds is 2. The maximum absolute atomic E-state index is 11.8. The molecule has 0 radical (unpaired) electrons. The zero-order valence-electron chi connectivity index (χ0n) is 9.90. The van der Waals surface area contributed by atoms with E-state index in [9.17, 15) is 4.79 Å². The Kier molecular flexibility index (Phi) is 2.63. The van der Waals surface area contributed by atoms with Crippen LogP contribution in [0.2, 0.25) is 0 Å². The van der Waals surface area contributed by atoms with Crippen molar-refractivity contribution in [2.45, 2.75) is 32.7 Å². The number of nitrogens with zero attached hydrogens (tertiary/aromatic N) is 1. The van der Waals surface area contributed by atoms with Crippen LogP contribution in [0, 0.1) is 6.92 Å². The van der Waals surface area contributed by atoms with Crippen molar-refractivity contribution in [2.24, 2.45) is 0 Å². The fourth-order valence-electron chi connectivity index (χ4n) is 2.58. The molecular formula is C14H15NOS. The monoisotopic (exact) mass is 245 g/mol. The summed E-state index contributed by atoms with van der Waals surface area (Å²) in [6, 6.07) is 4.21. The normalized spacial score (nSPS) is 15.0. The molecular weight excluding hydrogens is 230 g/mol. The predicted molar refractivity (Wildman–Crippen MR) is 69.9 cm³/mol. The number of aromatic nitrogens is 1. The maximum atomic E-state index is 11.8. The van der Waals surface area contributed by atoms with Crippen LogP contribution in [-0.4, -0.2) is 10.4 Å². The van der Waals surface area contributed by atoms with Gasteiger partial charge in [0.2, 0.25) is 0 Å². The summed E-state index contributed by atoms with van der Waals surface area (Å²) < 4.78 is 2.30. The molecule has 3 heteroatoms. The highest BCUT2D eigenvalue weighted by Crippen LogP contribution is 2.26. The van der Waals surface area contributed by atoms with Crippen LogP contribution in [-0.2, 0) is 13.0 Å². The molecule has 1 aliphatic rings. The summed E-state index contributed by atoms with van der Waals surface area (Å²) in [6.45, 7) is 3.00. The van der Waals surface area contributed by atoms with Crippen molar-refractivity contribution < 1.29 is 4.79 Å². The summed E-state index contributed by atoms with van der Waals surface area (Å²) in [6.07, 6.45) is 2.76. The van der Waals surface area contributed by atoms with Gasteiger partial charge >= 0.3 is 0 Å². The van der Waals surface area contributed by atoms with Crippen LogP contribution in [0.3, 0.4) is 0 Å². The van der Waals surface area contributed by atoms with Gasteiger partial charge in [-0.3, -0.25) is 4.79 Å². The van der Waals surface area contributed by atoms with Crippen LogP contribution >= 0.6 is 11.3 Å². The molecule has 0 aliphatic heterocycles. The molecule has 0 fully saturated rings. The van der Waals surface area contributed by atoms with Crippen LogP contribution in [0.25, 0.3) is 0 Å². The second-order valence-corrected chi connectivity index (χ2v) is 5.42. The summed E-state index contributed by atoms with van der Waals surface area (Å²) in [5.41, 5.74) is 4.74. The smallest absolute Gasteiger partial charge is 0.164 e. The number of ketones is 1. The predicted octanol–water partition coefficient (Wildman–Crippen LogP) is 3.43. The summed E-state index contributed by atoms with van der Waals surface area (Å²) in [5, 5.41) is 4.28. The summed E-state index contributed by atoms with van der Waals surface area (Å²) in [5.74, 6) is 0.318. The largest absolute Gasteiger partial charge is 0.344 e. The molecule has 0 unspecified atom stereocenters. The molecule has 3 rings (SSSR count). The van der Waals surface area contributed by atoms with E-state index in [4.69, 9.17) is 0 Å². The van der Waals surface area contributed by atoms with E-state index in [0.717, 1.165) is 31.4 Å². The van der Waals surface area contributed by atoms with Crippen LogP contribution < -0.4 is 0 Å². The molecule has 1 aliphatic carbocycles. The highest BCUT2D eigenvalue weighted by molar-refractivity contribution is 7.07. The second kappa shape index (κ2) is 4.15.